The molecule has 1 amide bonds. The van der Waals surface area contributed by atoms with Gasteiger partial charge in [-0.2, -0.15) is 0 Å². The maximum Gasteiger partial charge on any atom is 0.295 e. The zero-order valence-electron chi connectivity index (χ0n) is 17.6. The van der Waals surface area contributed by atoms with Crippen LogP contribution in [0.5, 0.6) is 0 Å². The Hall–Kier alpha value is -1.96. The molecule has 5 nitrogen and oxygen atoms in total. The van der Waals surface area contributed by atoms with Gasteiger partial charge in [0.1, 0.15) is 5.76 Å². The summed E-state index contributed by atoms with van der Waals surface area (Å²) < 4.78 is 6.51. The molecule has 160 valence electrons. The monoisotopic (exact) mass is 491 g/mol. The van der Waals surface area contributed by atoms with Crippen molar-refractivity contribution in [3.63, 3.8) is 0 Å². The number of Topliss-reactive ketones (excluding diaryl/α,β-unsaturated/α-hetero) is 1. The molecule has 3 rings (SSSR count). The van der Waals surface area contributed by atoms with Gasteiger partial charge >= 0.3 is 0 Å². The van der Waals surface area contributed by atoms with Crippen LogP contribution in [0.25, 0.3) is 5.76 Å². The van der Waals surface area contributed by atoms with E-state index < -0.39 is 17.7 Å². The second kappa shape index (κ2) is 9.45. The Balaban J connectivity index is 2.04. The number of aryl methyl sites for hydroxylation is 2. The summed E-state index contributed by atoms with van der Waals surface area (Å²) in [5, 5.41) is 13.0. The number of likely N-dealkylation sites (tertiary alicyclic amines) is 1. The van der Waals surface area contributed by atoms with E-state index in [1.54, 1.807) is 11.0 Å². The van der Waals surface area contributed by atoms with Gasteiger partial charge in [0.2, 0.25) is 0 Å². The molecule has 0 bridgehead atoms. The number of ether oxygens (including phenoxy) is 1. The fraction of sp³-hybridized carbons (Fsp3) is 0.391. The molecule has 0 aliphatic carbocycles. The first-order chi connectivity index (χ1) is 14.2. The standard InChI is InChI=1S/C23H26BrNO4S/c1-13(2)29-10-5-9-25-19(22-14(3)8-11-30-22)18(21(27)23(25)28)20(26)16-6-7-17(24)15(4)12-16/h6-8,11-13,19,26H,5,9-10H2,1-4H3/b20-18-. The number of amides is 1. The Kier molecular flexibility index (Phi) is 7.16. The van der Waals surface area contributed by atoms with Crippen LogP contribution >= 0.6 is 27.3 Å². The number of aliphatic hydroxyl groups excluding tert-OH is 1. The quantitative estimate of drug-likeness (QED) is 0.245. The Morgan fingerprint density at radius 3 is 2.57 bits per heavy atom. The lowest BCUT2D eigenvalue weighted by Gasteiger charge is -2.25. The molecule has 2 heterocycles. The predicted molar refractivity (Wildman–Crippen MR) is 123 cm³/mol. The maximum absolute atomic E-state index is 13.0. The molecular formula is C23H26BrNO4S. The molecular weight excluding hydrogens is 466 g/mol. The number of rotatable bonds is 7. The fourth-order valence-electron chi connectivity index (χ4n) is 3.55. The second-order valence-electron chi connectivity index (χ2n) is 7.70. The lowest BCUT2D eigenvalue weighted by Crippen LogP contribution is -2.31. The van der Waals surface area contributed by atoms with Crippen molar-refractivity contribution in [3.8, 4) is 0 Å². The number of benzene rings is 1. The third kappa shape index (κ3) is 4.53. The lowest BCUT2D eigenvalue weighted by molar-refractivity contribution is -0.140. The highest BCUT2D eigenvalue weighted by Gasteiger charge is 2.46. The number of halogens is 1. The molecule has 0 spiro atoms. The van der Waals surface area contributed by atoms with E-state index in [0.29, 0.717) is 25.1 Å². The molecule has 1 saturated heterocycles. The van der Waals surface area contributed by atoms with Crippen LogP contribution < -0.4 is 0 Å². The van der Waals surface area contributed by atoms with Crippen molar-refractivity contribution < 1.29 is 19.4 Å². The van der Waals surface area contributed by atoms with E-state index in [4.69, 9.17) is 4.74 Å². The zero-order valence-corrected chi connectivity index (χ0v) is 20.0. The summed E-state index contributed by atoms with van der Waals surface area (Å²) in [6.07, 6.45) is 0.722. The number of carbonyl (C=O) groups excluding carboxylic acids is 2. The van der Waals surface area contributed by atoms with Gasteiger partial charge in [-0.3, -0.25) is 9.59 Å². The highest BCUT2D eigenvalue weighted by molar-refractivity contribution is 9.10. The van der Waals surface area contributed by atoms with Crippen LogP contribution in [-0.2, 0) is 14.3 Å². The Labute approximate surface area is 189 Å². The van der Waals surface area contributed by atoms with Gasteiger partial charge in [0.25, 0.3) is 11.7 Å². The minimum Gasteiger partial charge on any atom is -0.507 e. The molecule has 0 saturated carbocycles. The molecule has 7 heteroatoms. The van der Waals surface area contributed by atoms with Gasteiger partial charge in [0.05, 0.1) is 17.7 Å². The summed E-state index contributed by atoms with van der Waals surface area (Å²) >= 11 is 4.94. The summed E-state index contributed by atoms with van der Waals surface area (Å²) in [4.78, 5) is 28.4. The van der Waals surface area contributed by atoms with Crippen LogP contribution in [0.15, 0.2) is 39.7 Å². The second-order valence-corrected chi connectivity index (χ2v) is 9.50. The number of carbonyl (C=O) groups is 2. The van der Waals surface area contributed by atoms with Crippen molar-refractivity contribution in [3.05, 3.63) is 61.3 Å². The molecule has 1 atom stereocenters. The molecule has 30 heavy (non-hydrogen) atoms. The summed E-state index contributed by atoms with van der Waals surface area (Å²) in [7, 11) is 0. The Morgan fingerprint density at radius 2 is 1.97 bits per heavy atom. The summed E-state index contributed by atoms with van der Waals surface area (Å²) in [6.45, 7) is 8.67. The SMILES string of the molecule is Cc1cc(/C(O)=C2/C(=O)C(=O)N(CCCOC(C)C)C2c2sccc2C)ccc1Br. The van der Waals surface area contributed by atoms with E-state index in [0.717, 1.165) is 20.5 Å². The summed E-state index contributed by atoms with van der Waals surface area (Å²) in [6, 6.07) is 6.75. The fourth-order valence-corrected chi connectivity index (χ4v) is 4.84. The highest BCUT2D eigenvalue weighted by Crippen LogP contribution is 2.42. The van der Waals surface area contributed by atoms with Gasteiger partial charge in [-0.05, 0) is 68.8 Å². The molecule has 1 aliphatic rings. The van der Waals surface area contributed by atoms with Crippen molar-refractivity contribution in [2.75, 3.05) is 13.2 Å². The van der Waals surface area contributed by atoms with Gasteiger partial charge in [-0.1, -0.05) is 22.0 Å². The molecule has 1 aromatic heterocycles. The van der Waals surface area contributed by atoms with E-state index >= 15 is 0 Å². The van der Waals surface area contributed by atoms with Gasteiger partial charge in [-0.25, -0.2) is 0 Å². The van der Waals surface area contributed by atoms with Crippen LogP contribution in [0.3, 0.4) is 0 Å². The number of aliphatic hydroxyl groups is 1. The number of hydrogen-bond donors (Lipinski definition) is 1. The Morgan fingerprint density at radius 1 is 1.23 bits per heavy atom. The molecule has 1 unspecified atom stereocenters. The normalized spacial score (nSPS) is 18.6. The third-order valence-corrected chi connectivity index (χ3v) is 7.08. The highest BCUT2D eigenvalue weighted by atomic mass is 79.9. The van der Waals surface area contributed by atoms with E-state index in [2.05, 4.69) is 15.9 Å². The van der Waals surface area contributed by atoms with Crippen molar-refractivity contribution in [1.82, 2.24) is 4.90 Å². The average molecular weight is 492 g/mol. The van der Waals surface area contributed by atoms with Crippen molar-refractivity contribution in [1.29, 1.82) is 0 Å². The number of ketones is 1. The lowest BCUT2D eigenvalue weighted by atomic mass is 9.97. The first kappa shape index (κ1) is 22.7. The molecule has 1 aliphatic heterocycles. The van der Waals surface area contributed by atoms with Crippen LogP contribution in [0.4, 0.5) is 0 Å². The van der Waals surface area contributed by atoms with Crippen LogP contribution in [-0.4, -0.2) is 41.0 Å². The van der Waals surface area contributed by atoms with E-state index in [1.165, 1.54) is 11.3 Å². The molecule has 1 fully saturated rings. The molecule has 0 radical (unpaired) electrons. The smallest absolute Gasteiger partial charge is 0.295 e. The Bertz CT molecular complexity index is 995. The van der Waals surface area contributed by atoms with Crippen LogP contribution in [0.1, 0.15) is 47.9 Å². The van der Waals surface area contributed by atoms with Gasteiger partial charge in [-0.15, -0.1) is 11.3 Å². The average Bonchev–Trinajstić information content (AvgIpc) is 3.22. The number of nitrogens with zero attached hydrogens (tertiary/aromatic N) is 1. The van der Waals surface area contributed by atoms with Crippen LogP contribution in [0.2, 0.25) is 0 Å². The minimum absolute atomic E-state index is 0.108. The topological polar surface area (TPSA) is 66.8 Å². The number of thiophene rings is 1. The first-order valence-corrected chi connectivity index (χ1v) is 11.6. The van der Waals surface area contributed by atoms with E-state index in [-0.39, 0.29) is 17.4 Å². The van der Waals surface area contributed by atoms with E-state index in [9.17, 15) is 14.7 Å². The zero-order chi connectivity index (χ0) is 22.0. The van der Waals surface area contributed by atoms with Crippen molar-refractivity contribution in [2.24, 2.45) is 0 Å². The summed E-state index contributed by atoms with van der Waals surface area (Å²) in [5.41, 5.74) is 2.60. The van der Waals surface area contributed by atoms with Crippen molar-refractivity contribution in [2.45, 2.75) is 46.3 Å². The largest absolute Gasteiger partial charge is 0.507 e. The molecule has 1 aromatic carbocycles. The minimum atomic E-state index is -0.643. The third-order valence-electron chi connectivity index (χ3n) is 5.12. The maximum atomic E-state index is 13.0. The predicted octanol–water partition coefficient (Wildman–Crippen LogP) is 5.36. The molecule has 2 aromatic rings. The van der Waals surface area contributed by atoms with Gasteiger partial charge in [0.15, 0.2) is 0 Å². The van der Waals surface area contributed by atoms with Gasteiger partial charge < -0.3 is 14.7 Å². The molecule has 1 N–H and O–H groups in total. The van der Waals surface area contributed by atoms with E-state index in [1.807, 2.05) is 51.3 Å². The first-order valence-electron chi connectivity index (χ1n) is 9.93. The number of hydrogen-bond acceptors (Lipinski definition) is 5. The van der Waals surface area contributed by atoms with Crippen molar-refractivity contribution >= 4 is 44.7 Å². The van der Waals surface area contributed by atoms with Gasteiger partial charge in [0, 0.05) is 28.1 Å². The van der Waals surface area contributed by atoms with Crippen LogP contribution in [0, 0.1) is 13.8 Å². The summed E-state index contributed by atoms with van der Waals surface area (Å²) in [5.74, 6) is -1.36.